The Labute approximate surface area is 143 Å². The van der Waals surface area contributed by atoms with Crippen molar-refractivity contribution in [3.05, 3.63) is 0 Å². The summed E-state index contributed by atoms with van der Waals surface area (Å²) in [6.07, 6.45) is 19.6. The van der Waals surface area contributed by atoms with Gasteiger partial charge in [0.05, 0.1) is 0 Å². The van der Waals surface area contributed by atoms with Crippen molar-refractivity contribution in [3.8, 4) is 0 Å². The van der Waals surface area contributed by atoms with Crippen molar-refractivity contribution in [2.45, 2.75) is 90.4 Å². The lowest BCUT2D eigenvalue weighted by Crippen LogP contribution is -2.48. The van der Waals surface area contributed by atoms with Crippen LogP contribution in [-0.2, 0) is 4.79 Å². The van der Waals surface area contributed by atoms with E-state index in [0.29, 0.717) is 5.41 Å². The third-order valence-corrected chi connectivity index (χ3v) is 8.95. The number of unbranched alkanes of at least 4 members (excludes halogenated alkanes) is 1. The normalized spacial score (nSPS) is 49.1. The van der Waals surface area contributed by atoms with E-state index in [9.17, 15) is 4.79 Å². The highest BCUT2D eigenvalue weighted by molar-refractivity contribution is 5.48. The Kier molecular flexibility index (Phi) is 4.58. The predicted octanol–water partition coefficient (Wildman–Crippen LogP) is 6.01. The molecule has 4 fully saturated rings. The zero-order valence-electron chi connectivity index (χ0n) is 15.1. The Morgan fingerprint density at radius 1 is 0.913 bits per heavy atom. The molecule has 7 atom stereocenters. The number of hydrogen-bond donors (Lipinski definition) is 0. The highest BCUT2D eigenvalue weighted by atomic mass is 16.1. The molecule has 0 amide bonds. The van der Waals surface area contributed by atoms with Crippen molar-refractivity contribution in [1.82, 2.24) is 0 Å². The molecule has 1 nitrogen and oxygen atoms in total. The molecule has 0 N–H and O–H groups in total. The minimum Gasteiger partial charge on any atom is -0.303 e. The van der Waals surface area contributed by atoms with E-state index < -0.39 is 0 Å². The largest absolute Gasteiger partial charge is 0.303 e. The van der Waals surface area contributed by atoms with Gasteiger partial charge in [-0.2, -0.15) is 0 Å². The van der Waals surface area contributed by atoms with Gasteiger partial charge in [0, 0.05) is 6.42 Å². The zero-order chi connectivity index (χ0) is 15.9. The Hall–Kier alpha value is -0.330. The first-order valence-electron chi connectivity index (χ1n) is 10.7. The van der Waals surface area contributed by atoms with Gasteiger partial charge in [0.15, 0.2) is 0 Å². The van der Waals surface area contributed by atoms with Crippen LogP contribution < -0.4 is 0 Å². The standard InChI is InChI=1S/C22H36O/c1-22-14-13-19-18-8-3-2-6-16(18)9-11-20(19)21(22)12-10-17(22)7-4-5-15-23/h15-21H,2-14H2,1H3/t16?,17?,18-,19?,20?,21?,22?/m1/s1. The smallest absolute Gasteiger partial charge is 0.119 e. The molecule has 0 heterocycles. The lowest BCUT2D eigenvalue weighted by atomic mass is 9.49. The molecule has 1 heteroatoms. The molecule has 23 heavy (non-hydrogen) atoms. The van der Waals surface area contributed by atoms with Gasteiger partial charge in [0.1, 0.15) is 6.29 Å². The van der Waals surface area contributed by atoms with E-state index in [0.717, 1.165) is 54.6 Å². The van der Waals surface area contributed by atoms with Crippen LogP contribution in [0.4, 0.5) is 0 Å². The predicted molar refractivity (Wildman–Crippen MR) is 95.1 cm³/mol. The van der Waals surface area contributed by atoms with Crippen LogP contribution in [0.2, 0.25) is 0 Å². The second kappa shape index (κ2) is 6.52. The highest BCUT2D eigenvalue weighted by Crippen LogP contribution is 2.64. The fourth-order valence-corrected chi connectivity index (χ4v) is 7.86. The summed E-state index contributed by atoms with van der Waals surface area (Å²) in [5, 5.41) is 0. The number of aldehydes is 1. The molecular formula is C22H36O. The fourth-order valence-electron chi connectivity index (χ4n) is 7.86. The number of rotatable bonds is 4. The summed E-state index contributed by atoms with van der Waals surface area (Å²) in [5.74, 6) is 6.27. The maximum Gasteiger partial charge on any atom is 0.119 e. The zero-order valence-corrected chi connectivity index (χ0v) is 15.1. The van der Waals surface area contributed by atoms with Crippen molar-refractivity contribution in [2.24, 2.45) is 40.9 Å². The van der Waals surface area contributed by atoms with Crippen LogP contribution in [0.5, 0.6) is 0 Å². The molecule has 4 rings (SSSR count). The van der Waals surface area contributed by atoms with Gasteiger partial charge in [0.25, 0.3) is 0 Å². The summed E-state index contributed by atoms with van der Waals surface area (Å²) in [7, 11) is 0. The second-order valence-corrected chi connectivity index (χ2v) is 9.64. The molecule has 6 unspecified atom stereocenters. The molecule has 4 aliphatic rings. The molecule has 130 valence electrons. The van der Waals surface area contributed by atoms with E-state index in [1.807, 2.05) is 0 Å². The summed E-state index contributed by atoms with van der Waals surface area (Å²) >= 11 is 0. The topological polar surface area (TPSA) is 17.1 Å². The number of carbonyl (C=O) groups excluding carboxylic acids is 1. The summed E-state index contributed by atoms with van der Waals surface area (Å²) in [6.45, 7) is 2.64. The Morgan fingerprint density at radius 3 is 2.65 bits per heavy atom. The van der Waals surface area contributed by atoms with Crippen molar-refractivity contribution in [3.63, 3.8) is 0 Å². The van der Waals surface area contributed by atoms with Crippen LogP contribution >= 0.6 is 0 Å². The average molecular weight is 317 g/mol. The van der Waals surface area contributed by atoms with E-state index >= 15 is 0 Å². The monoisotopic (exact) mass is 316 g/mol. The van der Waals surface area contributed by atoms with E-state index in [1.54, 1.807) is 25.7 Å². The highest BCUT2D eigenvalue weighted by Gasteiger charge is 2.56. The molecule has 0 spiro atoms. The van der Waals surface area contributed by atoms with Gasteiger partial charge in [-0.1, -0.05) is 26.2 Å². The molecule has 0 aromatic carbocycles. The van der Waals surface area contributed by atoms with Gasteiger partial charge in [-0.3, -0.25) is 0 Å². The molecule has 4 saturated carbocycles. The maximum atomic E-state index is 10.7. The molecule has 0 aromatic heterocycles. The van der Waals surface area contributed by atoms with Gasteiger partial charge in [-0.25, -0.2) is 0 Å². The first-order chi connectivity index (χ1) is 11.2. The van der Waals surface area contributed by atoms with Crippen LogP contribution in [0.3, 0.4) is 0 Å². The number of fused-ring (bicyclic) bond motifs is 5. The van der Waals surface area contributed by atoms with Crippen molar-refractivity contribution in [1.29, 1.82) is 0 Å². The van der Waals surface area contributed by atoms with Crippen molar-refractivity contribution >= 4 is 6.29 Å². The third-order valence-electron chi connectivity index (χ3n) is 8.95. The SMILES string of the molecule is CC12CCC3C(CCC4CCCC[C@H]43)C1CCC2CCCC=O. The summed E-state index contributed by atoms with van der Waals surface area (Å²) in [5.41, 5.74) is 0.617. The molecule has 4 aliphatic carbocycles. The minimum absolute atomic E-state index is 0.617. The summed E-state index contributed by atoms with van der Waals surface area (Å²) < 4.78 is 0. The van der Waals surface area contributed by atoms with Crippen LogP contribution in [0, 0.1) is 40.9 Å². The molecular weight excluding hydrogens is 280 g/mol. The molecule has 0 saturated heterocycles. The molecule has 0 bridgehead atoms. The average Bonchev–Trinajstić information content (AvgIpc) is 2.92. The second-order valence-electron chi connectivity index (χ2n) is 9.64. The van der Waals surface area contributed by atoms with Gasteiger partial charge in [0.2, 0.25) is 0 Å². The number of hydrogen-bond acceptors (Lipinski definition) is 1. The molecule has 0 aliphatic heterocycles. The van der Waals surface area contributed by atoms with Gasteiger partial charge in [-0.05, 0) is 98.7 Å². The van der Waals surface area contributed by atoms with Crippen molar-refractivity contribution in [2.75, 3.05) is 0 Å². The fraction of sp³-hybridized carbons (Fsp3) is 0.955. The Morgan fingerprint density at radius 2 is 1.78 bits per heavy atom. The lowest BCUT2D eigenvalue weighted by Gasteiger charge is -2.56. The minimum atomic E-state index is 0.617. The summed E-state index contributed by atoms with van der Waals surface area (Å²) in [4.78, 5) is 10.7. The van der Waals surface area contributed by atoms with Crippen LogP contribution in [0.15, 0.2) is 0 Å². The van der Waals surface area contributed by atoms with E-state index in [-0.39, 0.29) is 0 Å². The first kappa shape index (κ1) is 16.2. The Bertz CT molecular complexity index is 430. The van der Waals surface area contributed by atoms with Crippen LogP contribution in [-0.4, -0.2) is 6.29 Å². The van der Waals surface area contributed by atoms with E-state index in [2.05, 4.69) is 6.92 Å². The number of carbonyl (C=O) groups is 1. The first-order valence-corrected chi connectivity index (χ1v) is 10.7. The van der Waals surface area contributed by atoms with Crippen molar-refractivity contribution < 1.29 is 4.79 Å². The van der Waals surface area contributed by atoms with Gasteiger partial charge < -0.3 is 4.79 Å². The van der Waals surface area contributed by atoms with Crippen LogP contribution in [0.25, 0.3) is 0 Å². The van der Waals surface area contributed by atoms with Gasteiger partial charge in [-0.15, -0.1) is 0 Å². The molecule has 0 aromatic rings. The maximum absolute atomic E-state index is 10.7. The summed E-state index contributed by atoms with van der Waals surface area (Å²) in [6, 6.07) is 0. The third kappa shape index (κ3) is 2.71. The van der Waals surface area contributed by atoms with Crippen LogP contribution in [0.1, 0.15) is 90.4 Å². The van der Waals surface area contributed by atoms with Gasteiger partial charge >= 0.3 is 0 Å². The molecule has 0 radical (unpaired) electrons. The quantitative estimate of drug-likeness (QED) is 0.458. The van der Waals surface area contributed by atoms with E-state index in [4.69, 9.17) is 0 Å². The van der Waals surface area contributed by atoms with E-state index in [1.165, 1.54) is 44.9 Å². The Balaban J connectivity index is 1.47. The lowest BCUT2D eigenvalue weighted by molar-refractivity contribution is -0.108.